The van der Waals surface area contributed by atoms with Gasteiger partial charge in [-0.2, -0.15) is 0 Å². The van der Waals surface area contributed by atoms with E-state index in [2.05, 4.69) is 0 Å². The highest BCUT2D eigenvalue weighted by Crippen LogP contribution is 2.18. The molecule has 0 aliphatic heterocycles. The second kappa shape index (κ2) is 5.65. The second-order valence-corrected chi connectivity index (χ2v) is 4.28. The zero-order chi connectivity index (χ0) is 13.0. The number of rotatable bonds is 4. The molecule has 2 N–H and O–H groups in total. The van der Waals surface area contributed by atoms with Gasteiger partial charge in [0, 0.05) is 6.04 Å². The Morgan fingerprint density at radius 1 is 1.17 bits per heavy atom. The van der Waals surface area contributed by atoms with Crippen molar-refractivity contribution in [2.45, 2.75) is 19.6 Å². The molecule has 18 heavy (non-hydrogen) atoms. The molecule has 0 bridgehead atoms. The molecule has 3 heteroatoms. The maximum absolute atomic E-state index is 13.0. The molecule has 0 unspecified atom stereocenters. The Morgan fingerprint density at radius 3 is 2.67 bits per heavy atom. The van der Waals surface area contributed by atoms with E-state index in [1.807, 2.05) is 37.3 Å². The van der Waals surface area contributed by atoms with E-state index in [0.717, 1.165) is 16.9 Å². The molecule has 1 atom stereocenters. The van der Waals surface area contributed by atoms with Crippen LogP contribution in [-0.4, -0.2) is 0 Å². The average Bonchev–Trinajstić information content (AvgIpc) is 2.37. The standard InChI is InChI=1S/C15H16FNO/c1-11(17)13-5-3-7-15(9-13)18-10-12-4-2-6-14(16)8-12/h2-9,11H,10,17H2,1H3/t11-/m1/s1. The Morgan fingerprint density at radius 2 is 1.94 bits per heavy atom. The van der Waals surface area contributed by atoms with E-state index in [4.69, 9.17) is 10.5 Å². The molecule has 0 amide bonds. The van der Waals surface area contributed by atoms with Crippen molar-refractivity contribution >= 4 is 0 Å². The smallest absolute Gasteiger partial charge is 0.123 e. The van der Waals surface area contributed by atoms with E-state index in [0.29, 0.717) is 6.61 Å². The third-order valence-electron chi connectivity index (χ3n) is 2.68. The summed E-state index contributed by atoms with van der Waals surface area (Å²) in [5, 5.41) is 0. The molecule has 0 radical (unpaired) electrons. The molecule has 0 heterocycles. The number of hydrogen-bond donors (Lipinski definition) is 1. The molecular formula is C15H16FNO. The lowest BCUT2D eigenvalue weighted by molar-refractivity contribution is 0.305. The zero-order valence-electron chi connectivity index (χ0n) is 10.3. The normalized spacial score (nSPS) is 12.2. The molecule has 0 saturated heterocycles. The zero-order valence-corrected chi connectivity index (χ0v) is 10.3. The van der Waals surface area contributed by atoms with Crippen LogP contribution in [0.1, 0.15) is 24.1 Å². The lowest BCUT2D eigenvalue weighted by Crippen LogP contribution is -2.05. The minimum atomic E-state index is -0.250. The van der Waals surface area contributed by atoms with Gasteiger partial charge >= 0.3 is 0 Å². The Hall–Kier alpha value is -1.87. The fourth-order valence-electron chi connectivity index (χ4n) is 1.68. The Balaban J connectivity index is 2.04. The molecule has 0 saturated carbocycles. The van der Waals surface area contributed by atoms with Crippen LogP contribution in [0, 0.1) is 5.82 Å². The molecule has 0 aromatic heterocycles. The van der Waals surface area contributed by atoms with E-state index < -0.39 is 0 Å². The lowest BCUT2D eigenvalue weighted by atomic mass is 10.1. The number of hydrogen-bond acceptors (Lipinski definition) is 2. The Bertz CT molecular complexity index is 525. The fraction of sp³-hybridized carbons (Fsp3) is 0.200. The van der Waals surface area contributed by atoms with Crippen molar-refractivity contribution < 1.29 is 9.13 Å². The van der Waals surface area contributed by atoms with Gasteiger partial charge in [-0.3, -0.25) is 0 Å². The van der Waals surface area contributed by atoms with E-state index >= 15 is 0 Å². The summed E-state index contributed by atoms with van der Waals surface area (Å²) in [7, 11) is 0. The Labute approximate surface area is 106 Å². The highest BCUT2D eigenvalue weighted by Gasteiger charge is 2.02. The van der Waals surface area contributed by atoms with Gasteiger partial charge in [0.1, 0.15) is 18.2 Å². The summed E-state index contributed by atoms with van der Waals surface area (Å²) in [5.41, 5.74) is 7.63. The van der Waals surface area contributed by atoms with Gasteiger partial charge in [0.05, 0.1) is 0 Å². The van der Waals surface area contributed by atoms with Gasteiger partial charge in [-0.1, -0.05) is 24.3 Å². The van der Waals surface area contributed by atoms with E-state index in [1.165, 1.54) is 12.1 Å². The molecule has 0 fully saturated rings. The van der Waals surface area contributed by atoms with Crippen molar-refractivity contribution in [2.75, 3.05) is 0 Å². The van der Waals surface area contributed by atoms with Crippen molar-refractivity contribution in [1.29, 1.82) is 0 Å². The van der Waals surface area contributed by atoms with Crippen molar-refractivity contribution in [3.8, 4) is 5.75 Å². The molecule has 0 aliphatic carbocycles. The van der Waals surface area contributed by atoms with Crippen LogP contribution in [0.25, 0.3) is 0 Å². The van der Waals surface area contributed by atoms with Crippen LogP contribution in [0.3, 0.4) is 0 Å². The van der Waals surface area contributed by atoms with Crippen LogP contribution in [-0.2, 0) is 6.61 Å². The van der Waals surface area contributed by atoms with Crippen molar-refractivity contribution in [3.63, 3.8) is 0 Å². The summed E-state index contributed by atoms with van der Waals surface area (Å²) in [6.45, 7) is 2.27. The van der Waals surface area contributed by atoms with Crippen molar-refractivity contribution in [3.05, 3.63) is 65.5 Å². The van der Waals surface area contributed by atoms with Crippen LogP contribution in [0.2, 0.25) is 0 Å². The van der Waals surface area contributed by atoms with Crippen molar-refractivity contribution in [2.24, 2.45) is 5.73 Å². The number of benzene rings is 2. The van der Waals surface area contributed by atoms with Gasteiger partial charge in [-0.15, -0.1) is 0 Å². The van der Waals surface area contributed by atoms with Crippen LogP contribution >= 0.6 is 0 Å². The largest absolute Gasteiger partial charge is 0.489 e. The number of ether oxygens (including phenoxy) is 1. The van der Waals surface area contributed by atoms with Gasteiger partial charge in [0.25, 0.3) is 0 Å². The molecule has 2 aromatic carbocycles. The first-order valence-corrected chi connectivity index (χ1v) is 5.88. The average molecular weight is 245 g/mol. The van der Waals surface area contributed by atoms with Crippen LogP contribution < -0.4 is 10.5 Å². The molecular weight excluding hydrogens is 229 g/mol. The summed E-state index contributed by atoms with van der Waals surface area (Å²) in [5.74, 6) is 0.495. The van der Waals surface area contributed by atoms with E-state index in [9.17, 15) is 4.39 Å². The summed E-state index contributed by atoms with van der Waals surface area (Å²) < 4.78 is 18.6. The number of halogens is 1. The first-order valence-electron chi connectivity index (χ1n) is 5.88. The lowest BCUT2D eigenvalue weighted by Gasteiger charge is -2.10. The second-order valence-electron chi connectivity index (χ2n) is 4.28. The molecule has 0 aliphatic rings. The van der Waals surface area contributed by atoms with Gasteiger partial charge < -0.3 is 10.5 Å². The summed E-state index contributed by atoms with van der Waals surface area (Å²) >= 11 is 0. The van der Waals surface area contributed by atoms with Gasteiger partial charge in [0.2, 0.25) is 0 Å². The van der Waals surface area contributed by atoms with Crippen LogP contribution in [0.15, 0.2) is 48.5 Å². The molecule has 94 valence electrons. The minimum absolute atomic E-state index is 0.0253. The minimum Gasteiger partial charge on any atom is -0.489 e. The fourth-order valence-corrected chi connectivity index (χ4v) is 1.68. The maximum atomic E-state index is 13.0. The van der Waals surface area contributed by atoms with Gasteiger partial charge in [-0.25, -0.2) is 4.39 Å². The predicted molar refractivity (Wildman–Crippen MR) is 69.8 cm³/mol. The summed E-state index contributed by atoms with van der Waals surface area (Å²) in [4.78, 5) is 0. The molecule has 2 nitrogen and oxygen atoms in total. The highest BCUT2D eigenvalue weighted by atomic mass is 19.1. The third-order valence-corrected chi connectivity index (χ3v) is 2.68. The highest BCUT2D eigenvalue weighted by molar-refractivity contribution is 5.30. The molecule has 2 aromatic rings. The third kappa shape index (κ3) is 3.31. The summed E-state index contributed by atoms with van der Waals surface area (Å²) in [6, 6.07) is 14.0. The molecule has 0 spiro atoms. The van der Waals surface area contributed by atoms with Gasteiger partial charge in [0.15, 0.2) is 0 Å². The van der Waals surface area contributed by atoms with E-state index in [1.54, 1.807) is 6.07 Å². The maximum Gasteiger partial charge on any atom is 0.123 e. The summed E-state index contributed by atoms with van der Waals surface area (Å²) in [6.07, 6.45) is 0. The van der Waals surface area contributed by atoms with Crippen LogP contribution in [0.5, 0.6) is 5.75 Å². The van der Waals surface area contributed by atoms with Crippen molar-refractivity contribution in [1.82, 2.24) is 0 Å². The first kappa shape index (κ1) is 12.6. The first-order chi connectivity index (χ1) is 8.65. The SMILES string of the molecule is C[C@@H](N)c1cccc(OCc2cccc(F)c2)c1. The monoisotopic (exact) mass is 245 g/mol. The quantitative estimate of drug-likeness (QED) is 0.895. The Kier molecular flexibility index (Phi) is 3.95. The predicted octanol–water partition coefficient (Wildman–Crippen LogP) is 3.42. The van der Waals surface area contributed by atoms with E-state index in [-0.39, 0.29) is 11.9 Å². The van der Waals surface area contributed by atoms with Gasteiger partial charge in [-0.05, 0) is 42.3 Å². The topological polar surface area (TPSA) is 35.2 Å². The number of nitrogens with two attached hydrogens (primary N) is 1. The van der Waals surface area contributed by atoms with Crippen LogP contribution in [0.4, 0.5) is 4.39 Å². The molecule has 2 rings (SSSR count).